The average molecular weight is 946 g/mol. The third kappa shape index (κ3) is 17.8. The number of carbonyl (C=O) groups excluding carboxylic acids is 7. The number of carboxylic acids is 3. The smallest absolute Gasteiger partial charge is 0.326 e. The summed E-state index contributed by atoms with van der Waals surface area (Å²) in [6, 6.07) is -4.14. The Labute approximate surface area is 388 Å². The lowest BCUT2D eigenvalue weighted by Gasteiger charge is -2.33. The van der Waals surface area contributed by atoms with Crippen molar-refractivity contribution in [2.24, 2.45) is 11.7 Å². The molecule has 13 N–H and O–H groups in total. The van der Waals surface area contributed by atoms with Gasteiger partial charge in [0.2, 0.25) is 41.4 Å². The van der Waals surface area contributed by atoms with Gasteiger partial charge >= 0.3 is 17.9 Å². The zero-order valence-electron chi connectivity index (χ0n) is 38.2. The van der Waals surface area contributed by atoms with E-state index in [0.29, 0.717) is 57.2 Å². The van der Waals surface area contributed by atoms with Gasteiger partial charge in [-0.05, 0) is 101 Å². The molecule has 2 saturated heterocycles. The molecule has 0 bridgehead atoms. The fourth-order valence-electron chi connectivity index (χ4n) is 7.72. The molecule has 0 radical (unpaired) electrons. The van der Waals surface area contributed by atoms with Gasteiger partial charge in [0.25, 0.3) is 0 Å². The summed E-state index contributed by atoms with van der Waals surface area (Å²) in [6.07, 6.45) is 1.29. The van der Waals surface area contributed by atoms with Crippen molar-refractivity contribution in [2.45, 2.75) is 153 Å². The number of amides is 7. The highest BCUT2D eigenvalue weighted by Gasteiger charge is 2.41. The Bertz CT molecular complexity index is 1910. The first kappa shape index (κ1) is 55.0. The second-order valence-electron chi connectivity index (χ2n) is 17.0. The Morgan fingerprint density at radius 2 is 1.28 bits per heavy atom. The first-order valence-electron chi connectivity index (χ1n) is 22.8. The van der Waals surface area contributed by atoms with Crippen LogP contribution in [-0.2, 0) is 54.4 Å². The van der Waals surface area contributed by atoms with Crippen LogP contribution >= 0.6 is 0 Å². The van der Waals surface area contributed by atoms with Crippen LogP contribution in [0.5, 0.6) is 5.75 Å². The summed E-state index contributed by atoms with van der Waals surface area (Å²) < 4.78 is 0. The molecule has 7 amide bonds. The van der Waals surface area contributed by atoms with Gasteiger partial charge < -0.3 is 68.3 Å². The van der Waals surface area contributed by atoms with E-state index in [1.54, 1.807) is 13.8 Å². The second-order valence-corrected chi connectivity index (χ2v) is 17.0. The number of aliphatic carboxylic acids is 3. The zero-order valence-corrected chi connectivity index (χ0v) is 38.2. The standard InChI is InChI=1S/C44H67N9O14/c1-4-24(2)36(43(65)53-22-8-11-33(53)42(64)50-31(44(66)67)9-5-6-20-45)52-41(63)32(23-26-12-14-27(54)15-13-26)51-37(59)25(3)47-39(61)29(16-18-34(55)56)49-40(62)30(17-19-35(57)58)48-38(60)28-10-7-21-46-28/h12-15,24-25,28-33,36,46,54H,4-11,16-23,45H2,1-3H3,(H,47,61)(H,48,60)(H,49,62)(H,50,64)(H,51,59)(H,52,63)(H,55,56)(H,57,58)(H,66,67). The molecule has 1 aromatic rings. The van der Waals surface area contributed by atoms with E-state index in [-0.39, 0.29) is 38.0 Å². The van der Waals surface area contributed by atoms with Gasteiger partial charge in [0.1, 0.15) is 48.0 Å². The molecule has 23 nitrogen and oxygen atoms in total. The topological polar surface area (TPSA) is 365 Å². The predicted octanol–water partition coefficient (Wildman–Crippen LogP) is -1.40. The normalized spacial score (nSPS) is 18.7. The van der Waals surface area contributed by atoms with Gasteiger partial charge in [0.15, 0.2) is 0 Å². The summed E-state index contributed by atoms with van der Waals surface area (Å²) in [7, 11) is 0. The number of hydrogen-bond donors (Lipinski definition) is 12. The Morgan fingerprint density at radius 1 is 0.701 bits per heavy atom. The van der Waals surface area contributed by atoms with Crippen LogP contribution in [-0.4, -0.2) is 153 Å². The number of phenols is 1. The van der Waals surface area contributed by atoms with Crippen molar-refractivity contribution in [3.63, 3.8) is 0 Å². The molecule has 67 heavy (non-hydrogen) atoms. The van der Waals surface area contributed by atoms with Crippen molar-refractivity contribution in [3.8, 4) is 5.75 Å². The number of nitrogens with zero attached hydrogens (tertiary/aromatic N) is 1. The summed E-state index contributed by atoms with van der Waals surface area (Å²) >= 11 is 0. The van der Waals surface area contributed by atoms with Crippen LogP contribution in [0.15, 0.2) is 24.3 Å². The molecule has 9 atom stereocenters. The Hall–Kier alpha value is -6.36. The molecule has 9 unspecified atom stereocenters. The first-order valence-corrected chi connectivity index (χ1v) is 22.8. The van der Waals surface area contributed by atoms with Gasteiger partial charge in [-0.3, -0.25) is 43.2 Å². The van der Waals surface area contributed by atoms with Crippen molar-refractivity contribution in [1.82, 2.24) is 42.1 Å². The molecule has 3 rings (SSSR count). The lowest BCUT2D eigenvalue weighted by Crippen LogP contribution is -2.61. The fraction of sp³-hybridized carbons (Fsp3) is 0.636. The molecule has 372 valence electrons. The number of rotatable bonds is 28. The maximum absolute atomic E-state index is 14.3. The van der Waals surface area contributed by atoms with E-state index in [2.05, 4.69) is 37.2 Å². The maximum atomic E-state index is 14.3. The molecule has 0 saturated carbocycles. The molecule has 2 heterocycles. The van der Waals surface area contributed by atoms with Crippen molar-refractivity contribution in [2.75, 3.05) is 19.6 Å². The van der Waals surface area contributed by atoms with Crippen molar-refractivity contribution >= 4 is 59.3 Å². The highest BCUT2D eigenvalue weighted by molar-refractivity contribution is 5.98. The number of unbranched alkanes of at least 4 members (excludes halogenated alkanes) is 1. The van der Waals surface area contributed by atoms with Crippen molar-refractivity contribution in [1.29, 1.82) is 0 Å². The second kappa shape index (κ2) is 27.3. The Kier molecular flexibility index (Phi) is 22.4. The highest BCUT2D eigenvalue weighted by Crippen LogP contribution is 2.23. The van der Waals surface area contributed by atoms with E-state index in [0.717, 1.165) is 0 Å². The number of benzene rings is 1. The van der Waals surface area contributed by atoms with E-state index >= 15 is 0 Å². The molecule has 2 aliphatic rings. The largest absolute Gasteiger partial charge is 0.508 e. The van der Waals surface area contributed by atoms with Crippen LogP contribution < -0.4 is 43.0 Å². The van der Waals surface area contributed by atoms with Crippen LogP contribution in [0.3, 0.4) is 0 Å². The summed E-state index contributed by atoms with van der Waals surface area (Å²) in [4.78, 5) is 132. The molecule has 0 spiro atoms. The predicted molar refractivity (Wildman–Crippen MR) is 239 cm³/mol. The van der Waals surface area contributed by atoms with Crippen molar-refractivity contribution < 1.29 is 68.4 Å². The molecular weight excluding hydrogens is 879 g/mol. The van der Waals surface area contributed by atoms with E-state index < -0.39 is 133 Å². The van der Waals surface area contributed by atoms with Gasteiger partial charge in [-0.15, -0.1) is 0 Å². The third-order valence-corrected chi connectivity index (χ3v) is 11.9. The lowest BCUT2D eigenvalue weighted by molar-refractivity contribution is -0.145. The van der Waals surface area contributed by atoms with Gasteiger partial charge in [0.05, 0.1) is 6.04 Å². The Morgan fingerprint density at radius 3 is 1.85 bits per heavy atom. The zero-order chi connectivity index (χ0) is 49.8. The molecule has 0 aromatic heterocycles. The molecular formula is C44H67N9O14. The summed E-state index contributed by atoms with van der Waals surface area (Å²) in [5.74, 6) is -9.89. The number of carboxylic acid groups (broad SMARTS) is 3. The monoisotopic (exact) mass is 945 g/mol. The van der Waals surface area contributed by atoms with Gasteiger partial charge in [0, 0.05) is 25.8 Å². The first-order chi connectivity index (χ1) is 31.7. The van der Waals surface area contributed by atoms with Crippen LogP contribution in [0.4, 0.5) is 0 Å². The van der Waals surface area contributed by atoms with E-state index in [1.807, 2.05) is 0 Å². The third-order valence-electron chi connectivity index (χ3n) is 11.9. The highest BCUT2D eigenvalue weighted by atomic mass is 16.4. The lowest BCUT2D eigenvalue weighted by atomic mass is 9.96. The SMILES string of the molecule is CCC(C)C(NC(=O)C(Cc1ccc(O)cc1)NC(=O)C(C)NC(=O)C(CCC(=O)O)NC(=O)C(CCC(=O)O)NC(=O)C1CCCN1)C(=O)N1CCCC1C(=O)NC(CCCCN)C(=O)O. The van der Waals surface area contributed by atoms with E-state index in [1.165, 1.54) is 36.1 Å². The maximum Gasteiger partial charge on any atom is 0.326 e. The van der Waals surface area contributed by atoms with Crippen LogP contribution in [0, 0.1) is 5.92 Å². The number of phenolic OH excluding ortho intramolecular Hbond substituents is 1. The number of aromatic hydroxyl groups is 1. The summed E-state index contributed by atoms with van der Waals surface area (Å²) in [5, 5.41) is 56.5. The Balaban J connectivity index is 1.82. The van der Waals surface area contributed by atoms with Crippen LogP contribution in [0.1, 0.15) is 103 Å². The number of nitrogens with one attached hydrogen (secondary N) is 7. The van der Waals surface area contributed by atoms with Crippen molar-refractivity contribution in [3.05, 3.63) is 29.8 Å². The van der Waals surface area contributed by atoms with Gasteiger partial charge in [-0.1, -0.05) is 32.4 Å². The molecule has 0 aliphatic carbocycles. The fourth-order valence-corrected chi connectivity index (χ4v) is 7.72. The van der Waals surface area contributed by atoms with E-state index in [4.69, 9.17) is 5.73 Å². The number of nitrogens with two attached hydrogens (primary N) is 1. The molecule has 1 aromatic carbocycles. The van der Waals surface area contributed by atoms with Gasteiger partial charge in [-0.25, -0.2) is 4.79 Å². The number of carbonyl (C=O) groups is 10. The quantitative estimate of drug-likeness (QED) is 0.0430. The molecule has 2 fully saturated rings. The van der Waals surface area contributed by atoms with E-state index in [9.17, 15) is 68.4 Å². The minimum absolute atomic E-state index is 0.0760. The van der Waals surface area contributed by atoms with Gasteiger partial charge in [-0.2, -0.15) is 0 Å². The number of hydrogen-bond acceptors (Lipinski definition) is 13. The minimum Gasteiger partial charge on any atom is -0.508 e. The average Bonchev–Trinajstić information content (AvgIpc) is 4.02. The summed E-state index contributed by atoms with van der Waals surface area (Å²) in [5.41, 5.74) is 6.01. The minimum atomic E-state index is -1.58. The number of likely N-dealkylation sites (tertiary alicyclic amines) is 1. The molecule has 23 heteroatoms. The summed E-state index contributed by atoms with van der Waals surface area (Å²) in [6.45, 7) is 5.83. The van der Waals surface area contributed by atoms with Crippen LogP contribution in [0.2, 0.25) is 0 Å². The molecule has 2 aliphatic heterocycles. The van der Waals surface area contributed by atoms with Crippen LogP contribution in [0.25, 0.3) is 0 Å².